The van der Waals surface area contributed by atoms with E-state index in [2.05, 4.69) is 15.8 Å². The third-order valence-electron chi connectivity index (χ3n) is 4.51. The van der Waals surface area contributed by atoms with E-state index in [-0.39, 0.29) is 6.42 Å². The summed E-state index contributed by atoms with van der Waals surface area (Å²) in [6.45, 7) is 7.29. The maximum absolute atomic E-state index is 12.2. The molecule has 0 saturated heterocycles. The molecular formula is C21H23N3O4S. The molecule has 3 aromatic rings. The zero-order valence-corrected chi connectivity index (χ0v) is 17.6. The van der Waals surface area contributed by atoms with Crippen molar-refractivity contribution in [3.05, 3.63) is 58.3 Å². The minimum Gasteiger partial charge on any atom is -0.481 e. The van der Waals surface area contributed by atoms with Crippen LogP contribution in [0.3, 0.4) is 0 Å². The van der Waals surface area contributed by atoms with Gasteiger partial charge < -0.3 is 9.15 Å². The highest BCUT2D eigenvalue weighted by Crippen LogP contribution is 2.26. The van der Waals surface area contributed by atoms with Gasteiger partial charge in [-0.05, 0) is 56.3 Å². The lowest BCUT2D eigenvalue weighted by atomic mass is 10.1. The molecule has 0 aliphatic heterocycles. The fraction of sp³-hybridized carbons (Fsp3) is 0.286. The highest BCUT2D eigenvalue weighted by molar-refractivity contribution is 7.13. The molecule has 29 heavy (non-hydrogen) atoms. The molecule has 0 fully saturated rings. The highest BCUT2D eigenvalue weighted by Gasteiger charge is 2.19. The molecule has 2 N–H and O–H groups in total. The number of amides is 2. The number of aromatic nitrogens is 1. The molecule has 0 saturated carbocycles. The van der Waals surface area contributed by atoms with Gasteiger partial charge in [-0.2, -0.15) is 0 Å². The summed E-state index contributed by atoms with van der Waals surface area (Å²) in [6.07, 6.45) is -0.775. The summed E-state index contributed by atoms with van der Waals surface area (Å²) in [7, 11) is 0. The van der Waals surface area contributed by atoms with E-state index >= 15 is 0 Å². The van der Waals surface area contributed by atoms with Gasteiger partial charge in [-0.25, -0.2) is 4.98 Å². The Kier molecular flexibility index (Phi) is 6.33. The van der Waals surface area contributed by atoms with Crippen molar-refractivity contribution in [2.75, 3.05) is 0 Å². The van der Waals surface area contributed by atoms with Gasteiger partial charge in [0.15, 0.2) is 6.10 Å². The second-order valence-corrected chi connectivity index (χ2v) is 7.62. The van der Waals surface area contributed by atoms with Crippen molar-refractivity contribution in [3.63, 3.8) is 0 Å². The molecule has 0 aliphatic carbocycles. The molecular weight excluding hydrogens is 390 g/mol. The maximum atomic E-state index is 12.2. The number of hydrazine groups is 1. The van der Waals surface area contributed by atoms with E-state index in [0.717, 1.165) is 16.0 Å². The van der Waals surface area contributed by atoms with Crippen LogP contribution in [0.1, 0.15) is 29.5 Å². The average Bonchev–Trinajstić information content (AvgIpc) is 3.34. The number of carbonyl (C=O) groups excluding carboxylic acids is 2. The molecule has 2 aromatic heterocycles. The van der Waals surface area contributed by atoms with Crippen LogP contribution < -0.4 is 15.6 Å². The van der Waals surface area contributed by atoms with E-state index in [1.54, 1.807) is 13.8 Å². The molecule has 2 amide bonds. The maximum Gasteiger partial charge on any atom is 0.279 e. The van der Waals surface area contributed by atoms with Crippen molar-refractivity contribution in [2.45, 2.75) is 40.2 Å². The van der Waals surface area contributed by atoms with Gasteiger partial charge in [0.25, 0.3) is 5.91 Å². The summed E-state index contributed by atoms with van der Waals surface area (Å²) in [4.78, 5) is 29.7. The van der Waals surface area contributed by atoms with Crippen LogP contribution in [0, 0.1) is 20.8 Å². The summed E-state index contributed by atoms with van der Waals surface area (Å²) < 4.78 is 11.3. The second kappa shape index (κ2) is 8.91. The van der Waals surface area contributed by atoms with E-state index in [1.165, 1.54) is 11.3 Å². The van der Waals surface area contributed by atoms with Gasteiger partial charge >= 0.3 is 0 Å². The van der Waals surface area contributed by atoms with Crippen LogP contribution in [-0.2, 0) is 16.0 Å². The molecule has 1 unspecified atom stereocenters. The number of oxazole rings is 1. The van der Waals surface area contributed by atoms with Crippen molar-refractivity contribution in [1.82, 2.24) is 15.8 Å². The third kappa shape index (κ3) is 5.03. The van der Waals surface area contributed by atoms with Crippen LogP contribution in [0.15, 0.2) is 40.1 Å². The Labute approximate surface area is 173 Å². The number of carbonyl (C=O) groups is 2. The first-order valence-corrected chi connectivity index (χ1v) is 10.0. The molecule has 1 atom stereocenters. The van der Waals surface area contributed by atoms with Crippen LogP contribution >= 0.6 is 11.3 Å². The molecule has 2 heterocycles. The Morgan fingerprint density at radius 1 is 1.17 bits per heavy atom. The lowest BCUT2D eigenvalue weighted by Gasteiger charge is -2.17. The molecule has 8 heteroatoms. The lowest BCUT2D eigenvalue weighted by molar-refractivity contribution is -0.132. The summed E-state index contributed by atoms with van der Waals surface area (Å²) in [5, 5.41) is 1.93. The summed E-state index contributed by atoms with van der Waals surface area (Å²) in [6, 6.07) is 9.46. The number of rotatable bonds is 6. The lowest BCUT2D eigenvalue weighted by Crippen LogP contribution is -2.47. The molecule has 152 valence electrons. The zero-order chi connectivity index (χ0) is 21.0. The van der Waals surface area contributed by atoms with Gasteiger partial charge in [0, 0.05) is 0 Å². The third-order valence-corrected chi connectivity index (χ3v) is 5.36. The topological polar surface area (TPSA) is 93.5 Å². The van der Waals surface area contributed by atoms with E-state index in [4.69, 9.17) is 9.15 Å². The molecule has 7 nitrogen and oxygen atoms in total. The quantitative estimate of drug-likeness (QED) is 0.604. The van der Waals surface area contributed by atoms with Crippen molar-refractivity contribution in [3.8, 4) is 16.5 Å². The fourth-order valence-electron chi connectivity index (χ4n) is 2.62. The van der Waals surface area contributed by atoms with Crippen molar-refractivity contribution < 1.29 is 18.7 Å². The number of hydrogen-bond donors (Lipinski definition) is 2. The largest absolute Gasteiger partial charge is 0.481 e. The molecule has 0 bridgehead atoms. The summed E-state index contributed by atoms with van der Waals surface area (Å²) >= 11 is 1.51. The minimum atomic E-state index is -0.769. The monoisotopic (exact) mass is 413 g/mol. The predicted molar refractivity (Wildman–Crippen MR) is 111 cm³/mol. The summed E-state index contributed by atoms with van der Waals surface area (Å²) in [5.41, 5.74) is 7.36. The Morgan fingerprint density at radius 3 is 2.69 bits per heavy atom. The SMILES string of the molecule is Cc1cccc(OC(C)C(=O)NNC(=O)Cc2nc(-c3cccs3)oc2C)c1C. The van der Waals surface area contributed by atoms with E-state index in [9.17, 15) is 9.59 Å². The number of nitrogens with one attached hydrogen (secondary N) is 2. The highest BCUT2D eigenvalue weighted by atomic mass is 32.1. The number of thiophene rings is 1. The first-order valence-electron chi connectivity index (χ1n) is 9.17. The van der Waals surface area contributed by atoms with Crippen LogP contribution in [0.2, 0.25) is 0 Å². The zero-order valence-electron chi connectivity index (χ0n) is 16.7. The Bertz CT molecular complexity index is 1010. The van der Waals surface area contributed by atoms with E-state index < -0.39 is 17.9 Å². The normalized spacial score (nSPS) is 11.7. The second-order valence-electron chi connectivity index (χ2n) is 6.67. The minimum absolute atomic E-state index is 0.00673. The number of benzene rings is 1. The van der Waals surface area contributed by atoms with Gasteiger partial charge in [0.05, 0.1) is 17.0 Å². The molecule has 1 aromatic carbocycles. The average molecular weight is 413 g/mol. The van der Waals surface area contributed by atoms with Crippen LogP contribution in [0.4, 0.5) is 0 Å². The smallest absolute Gasteiger partial charge is 0.279 e. The van der Waals surface area contributed by atoms with Crippen molar-refractivity contribution in [1.29, 1.82) is 0 Å². The molecule has 3 rings (SSSR count). The van der Waals surface area contributed by atoms with Crippen molar-refractivity contribution >= 4 is 23.2 Å². The number of ether oxygens (including phenoxy) is 1. The summed E-state index contributed by atoms with van der Waals surface area (Å²) in [5.74, 6) is 0.849. The Balaban J connectivity index is 1.52. The Morgan fingerprint density at radius 2 is 1.97 bits per heavy atom. The van der Waals surface area contributed by atoms with Crippen LogP contribution in [-0.4, -0.2) is 22.9 Å². The van der Waals surface area contributed by atoms with Crippen LogP contribution in [0.25, 0.3) is 10.8 Å². The predicted octanol–water partition coefficient (Wildman–Crippen LogP) is 3.49. The van der Waals surface area contributed by atoms with Gasteiger partial charge in [0.1, 0.15) is 11.5 Å². The van der Waals surface area contributed by atoms with Crippen molar-refractivity contribution in [2.24, 2.45) is 0 Å². The first kappa shape index (κ1) is 20.6. The number of aryl methyl sites for hydroxylation is 2. The fourth-order valence-corrected chi connectivity index (χ4v) is 3.27. The van der Waals surface area contributed by atoms with Crippen LogP contribution in [0.5, 0.6) is 5.75 Å². The van der Waals surface area contributed by atoms with E-state index in [0.29, 0.717) is 23.1 Å². The molecule has 0 spiro atoms. The molecule has 0 radical (unpaired) electrons. The van der Waals surface area contributed by atoms with Gasteiger partial charge in [-0.3, -0.25) is 20.4 Å². The molecule has 0 aliphatic rings. The van der Waals surface area contributed by atoms with Gasteiger partial charge in [-0.1, -0.05) is 18.2 Å². The number of hydrogen-bond acceptors (Lipinski definition) is 6. The Hall–Kier alpha value is -3.13. The van der Waals surface area contributed by atoms with Gasteiger partial charge in [0.2, 0.25) is 11.8 Å². The number of nitrogens with zero attached hydrogens (tertiary/aromatic N) is 1. The standard InChI is InChI=1S/C21H23N3O4S/c1-12-7-5-8-17(13(12)2)27-15(4)20(26)24-23-19(25)11-16-14(3)28-21(22-16)18-9-6-10-29-18/h5-10,15H,11H2,1-4H3,(H,23,25)(H,24,26). The van der Waals surface area contributed by atoms with Gasteiger partial charge in [-0.15, -0.1) is 11.3 Å². The van der Waals surface area contributed by atoms with E-state index in [1.807, 2.05) is 49.6 Å². The first-order chi connectivity index (χ1) is 13.8.